The van der Waals surface area contributed by atoms with E-state index in [0.29, 0.717) is 16.3 Å². The van der Waals surface area contributed by atoms with Crippen molar-refractivity contribution >= 4 is 11.6 Å². The minimum atomic E-state index is -1.05. The Morgan fingerprint density at radius 3 is 2.54 bits per heavy atom. The normalized spacial score (nSPS) is 11.8. The lowest BCUT2D eigenvalue weighted by Gasteiger charge is -2.17. The molecule has 1 aromatic rings. The van der Waals surface area contributed by atoms with E-state index in [-0.39, 0.29) is 6.61 Å². The van der Waals surface area contributed by atoms with Gasteiger partial charge in [0.05, 0.1) is 17.3 Å². The van der Waals surface area contributed by atoms with Crippen LogP contribution in [0.5, 0.6) is 0 Å². The predicted octanol–water partition coefficient (Wildman–Crippen LogP) is 1.45. The van der Waals surface area contributed by atoms with Crippen LogP contribution in [0.25, 0.3) is 0 Å². The van der Waals surface area contributed by atoms with Gasteiger partial charge in [0.2, 0.25) is 0 Å². The van der Waals surface area contributed by atoms with Crippen LogP contribution in [0.3, 0.4) is 0 Å². The van der Waals surface area contributed by atoms with Crippen molar-refractivity contribution in [2.45, 2.75) is 26.1 Å². The molecule has 0 amide bonds. The van der Waals surface area contributed by atoms with Crippen molar-refractivity contribution in [2.24, 2.45) is 0 Å². The summed E-state index contributed by atoms with van der Waals surface area (Å²) in [7, 11) is 0. The number of pyridine rings is 1. The van der Waals surface area contributed by atoms with E-state index in [1.165, 1.54) is 6.20 Å². The molecule has 3 nitrogen and oxygen atoms in total. The molecule has 0 atom stereocenters. The first-order chi connectivity index (χ1) is 5.95. The molecule has 0 bridgehead atoms. The lowest BCUT2D eigenvalue weighted by Crippen LogP contribution is -2.18. The number of halogens is 1. The molecule has 0 fully saturated rings. The first-order valence-electron chi connectivity index (χ1n) is 3.93. The summed E-state index contributed by atoms with van der Waals surface area (Å²) in [6.07, 6.45) is 1.50. The van der Waals surface area contributed by atoms with Gasteiger partial charge in [-0.05, 0) is 25.5 Å². The zero-order chi connectivity index (χ0) is 10.1. The fraction of sp³-hybridized carbons (Fsp3) is 0.444. The maximum atomic E-state index is 9.62. The summed E-state index contributed by atoms with van der Waals surface area (Å²) in [6.45, 7) is 3.12. The van der Waals surface area contributed by atoms with Crippen LogP contribution in [0, 0.1) is 0 Å². The Morgan fingerprint density at radius 2 is 2.15 bits per heavy atom. The summed E-state index contributed by atoms with van der Waals surface area (Å²) >= 11 is 5.86. The van der Waals surface area contributed by atoms with E-state index in [1.807, 2.05) is 0 Å². The Hall–Kier alpha value is -0.640. The molecule has 1 aromatic heterocycles. The monoisotopic (exact) mass is 201 g/mol. The molecule has 0 aliphatic rings. The van der Waals surface area contributed by atoms with Crippen LogP contribution < -0.4 is 0 Å². The van der Waals surface area contributed by atoms with E-state index in [4.69, 9.17) is 16.7 Å². The Labute approximate surface area is 82.0 Å². The summed E-state index contributed by atoms with van der Waals surface area (Å²) < 4.78 is 0. The quantitative estimate of drug-likeness (QED) is 0.762. The van der Waals surface area contributed by atoms with Gasteiger partial charge in [0.15, 0.2) is 0 Å². The van der Waals surface area contributed by atoms with Gasteiger partial charge in [-0.1, -0.05) is 11.6 Å². The van der Waals surface area contributed by atoms with E-state index < -0.39 is 5.60 Å². The van der Waals surface area contributed by atoms with E-state index >= 15 is 0 Å². The van der Waals surface area contributed by atoms with Crippen molar-refractivity contribution in [1.82, 2.24) is 4.98 Å². The number of aliphatic hydroxyl groups excluding tert-OH is 1. The molecule has 72 valence electrons. The number of hydrogen-bond acceptors (Lipinski definition) is 3. The lowest BCUT2D eigenvalue weighted by molar-refractivity contribution is 0.0739. The van der Waals surface area contributed by atoms with Crippen molar-refractivity contribution < 1.29 is 10.2 Å². The average Bonchev–Trinajstić information content (AvgIpc) is 2.01. The molecule has 1 rings (SSSR count). The van der Waals surface area contributed by atoms with Crippen LogP contribution in [-0.2, 0) is 12.2 Å². The number of nitrogens with zero attached hydrogens (tertiary/aromatic N) is 1. The molecule has 0 aliphatic heterocycles. The highest BCUT2D eigenvalue weighted by molar-refractivity contribution is 6.31. The van der Waals surface area contributed by atoms with E-state index in [0.717, 1.165) is 0 Å². The van der Waals surface area contributed by atoms with Gasteiger partial charge in [0.1, 0.15) is 5.60 Å². The van der Waals surface area contributed by atoms with Gasteiger partial charge in [-0.2, -0.15) is 0 Å². The molecule has 0 saturated carbocycles. The van der Waals surface area contributed by atoms with Crippen LogP contribution in [-0.4, -0.2) is 15.2 Å². The van der Waals surface area contributed by atoms with Gasteiger partial charge in [-0.25, -0.2) is 0 Å². The summed E-state index contributed by atoms with van der Waals surface area (Å²) in [4.78, 5) is 3.98. The third-order valence-electron chi connectivity index (χ3n) is 1.66. The van der Waals surface area contributed by atoms with Crippen molar-refractivity contribution in [3.05, 3.63) is 28.5 Å². The molecule has 0 saturated heterocycles. The molecule has 0 aliphatic carbocycles. The van der Waals surface area contributed by atoms with Crippen molar-refractivity contribution in [3.8, 4) is 0 Å². The van der Waals surface area contributed by atoms with Crippen LogP contribution in [0.2, 0.25) is 5.02 Å². The fourth-order valence-electron chi connectivity index (χ4n) is 1.01. The Bertz CT molecular complexity index is 307. The molecular formula is C9H12ClNO2. The third-order valence-corrected chi connectivity index (χ3v) is 1.95. The standard InChI is InChI=1S/C9H12ClNO2/c1-9(2,13)8-7(10)3-6(5-12)4-11-8/h3-4,12-13H,5H2,1-2H3. The summed E-state index contributed by atoms with van der Waals surface area (Å²) in [5.41, 5.74) is 0.00907. The van der Waals surface area contributed by atoms with Crippen LogP contribution in [0.4, 0.5) is 0 Å². The summed E-state index contributed by atoms with van der Waals surface area (Å²) in [5.74, 6) is 0. The Balaban J connectivity index is 3.13. The van der Waals surface area contributed by atoms with Crippen molar-refractivity contribution in [3.63, 3.8) is 0 Å². The smallest absolute Gasteiger partial charge is 0.102 e. The predicted molar refractivity (Wildman–Crippen MR) is 50.4 cm³/mol. The highest BCUT2D eigenvalue weighted by Gasteiger charge is 2.21. The third kappa shape index (κ3) is 2.40. The van der Waals surface area contributed by atoms with E-state index in [9.17, 15) is 5.11 Å². The first-order valence-corrected chi connectivity index (χ1v) is 4.31. The van der Waals surface area contributed by atoms with Gasteiger partial charge in [0.25, 0.3) is 0 Å². The molecular weight excluding hydrogens is 190 g/mol. The van der Waals surface area contributed by atoms with Gasteiger partial charge >= 0.3 is 0 Å². The molecule has 0 unspecified atom stereocenters. The zero-order valence-electron chi connectivity index (χ0n) is 7.58. The van der Waals surface area contributed by atoms with Gasteiger partial charge in [0, 0.05) is 6.20 Å². The summed E-state index contributed by atoms with van der Waals surface area (Å²) in [5, 5.41) is 18.8. The van der Waals surface area contributed by atoms with Crippen LogP contribution in [0.15, 0.2) is 12.3 Å². The number of aliphatic hydroxyl groups is 2. The van der Waals surface area contributed by atoms with Gasteiger partial charge in [-0.3, -0.25) is 4.98 Å². The topological polar surface area (TPSA) is 53.4 Å². The number of hydrogen-bond donors (Lipinski definition) is 2. The van der Waals surface area contributed by atoms with Crippen molar-refractivity contribution in [2.75, 3.05) is 0 Å². The molecule has 2 N–H and O–H groups in total. The maximum absolute atomic E-state index is 9.62. The van der Waals surface area contributed by atoms with Crippen molar-refractivity contribution in [1.29, 1.82) is 0 Å². The second-order valence-corrected chi connectivity index (χ2v) is 3.80. The average molecular weight is 202 g/mol. The SMILES string of the molecule is CC(C)(O)c1ncc(CO)cc1Cl. The first kappa shape index (κ1) is 10.4. The number of aromatic nitrogens is 1. The molecule has 0 aromatic carbocycles. The van der Waals surface area contributed by atoms with Gasteiger partial charge < -0.3 is 10.2 Å². The second-order valence-electron chi connectivity index (χ2n) is 3.39. The molecule has 0 spiro atoms. The van der Waals surface area contributed by atoms with Gasteiger partial charge in [-0.15, -0.1) is 0 Å². The lowest BCUT2D eigenvalue weighted by atomic mass is 10.0. The molecule has 4 heteroatoms. The zero-order valence-corrected chi connectivity index (χ0v) is 8.34. The maximum Gasteiger partial charge on any atom is 0.102 e. The highest BCUT2D eigenvalue weighted by atomic mass is 35.5. The molecule has 0 radical (unpaired) electrons. The van der Waals surface area contributed by atoms with Crippen LogP contribution in [0.1, 0.15) is 25.1 Å². The van der Waals surface area contributed by atoms with Crippen LogP contribution >= 0.6 is 11.6 Å². The summed E-state index contributed by atoms with van der Waals surface area (Å²) in [6, 6.07) is 1.60. The fourth-order valence-corrected chi connectivity index (χ4v) is 1.43. The molecule has 13 heavy (non-hydrogen) atoms. The Morgan fingerprint density at radius 1 is 1.54 bits per heavy atom. The minimum absolute atomic E-state index is 0.0984. The highest BCUT2D eigenvalue weighted by Crippen LogP contribution is 2.25. The number of rotatable bonds is 2. The molecule has 1 heterocycles. The largest absolute Gasteiger partial charge is 0.392 e. The van der Waals surface area contributed by atoms with E-state index in [1.54, 1.807) is 19.9 Å². The second kappa shape index (κ2) is 3.62. The Kier molecular flexibility index (Phi) is 2.91. The van der Waals surface area contributed by atoms with E-state index in [2.05, 4.69) is 4.98 Å². The minimum Gasteiger partial charge on any atom is -0.392 e.